The van der Waals surface area contributed by atoms with E-state index in [0.29, 0.717) is 32.0 Å². The van der Waals surface area contributed by atoms with Gasteiger partial charge in [0.1, 0.15) is 5.75 Å². The van der Waals surface area contributed by atoms with E-state index >= 15 is 0 Å². The van der Waals surface area contributed by atoms with Crippen LogP contribution in [0.1, 0.15) is 38.5 Å². The second-order valence-corrected chi connectivity index (χ2v) is 6.95. The van der Waals surface area contributed by atoms with Crippen LogP contribution >= 0.6 is 0 Å². The number of benzene rings is 1. The van der Waals surface area contributed by atoms with Gasteiger partial charge in [-0.2, -0.15) is 0 Å². The van der Waals surface area contributed by atoms with E-state index in [-0.39, 0.29) is 11.8 Å². The summed E-state index contributed by atoms with van der Waals surface area (Å²) in [5, 5.41) is 0. The minimum Gasteiger partial charge on any atom is -0.494 e. The normalized spacial score (nSPS) is 18.4. The molecular formula is C20H28N2O3. The number of hydrogen-bond acceptors (Lipinski definition) is 3. The molecular weight excluding hydrogens is 316 g/mol. The molecule has 136 valence electrons. The first-order valence-corrected chi connectivity index (χ1v) is 9.48. The van der Waals surface area contributed by atoms with Crippen LogP contribution in [0, 0.1) is 5.92 Å². The van der Waals surface area contributed by atoms with Gasteiger partial charge in [0.05, 0.1) is 6.61 Å². The summed E-state index contributed by atoms with van der Waals surface area (Å²) in [6, 6.07) is 9.67. The van der Waals surface area contributed by atoms with E-state index < -0.39 is 0 Å². The number of rotatable bonds is 6. The second-order valence-electron chi connectivity index (χ2n) is 6.95. The monoisotopic (exact) mass is 344 g/mol. The first-order valence-electron chi connectivity index (χ1n) is 9.48. The summed E-state index contributed by atoms with van der Waals surface area (Å²) < 4.78 is 5.63. The molecule has 0 aliphatic carbocycles. The highest BCUT2D eigenvalue weighted by Crippen LogP contribution is 2.22. The molecule has 1 aromatic rings. The second kappa shape index (κ2) is 8.88. The molecule has 2 aliphatic heterocycles. The average molecular weight is 344 g/mol. The molecule has 2 aliphatic rings. The van der Waals surface area contributed by atoms with Gasteiger partial charge in [-0.25, -0.2) is 0 Å². The Morgan fingerprint density at radius 3 is 2.32 bits per heavy atom. The van der Waals surface area contributed by atoms with Crippen molar-refractivity contribution in [2.75, 3.05) is 32.8 Å². The SMILES string of the molecule is O=C(CCCOc1ccccc1)N1CCC(C(=O)N2CCCC2)CC1. The van der Waals surface area contributed by atoms with Gasteiger partial charge in [-0.3, -0.25) is 9.59 Å². The Morgan fingerprint density at radius 2 is 1.64 bits per heavy atom. The van der Waals surface area contributed by atoms with Gasteiger partial charge in [0.15, 0.2) is 0 Å². The predicted molar refractivity (Wildman–Crippen MR) is 96.3 cm³/mol. The minimum atomic E-state index is 0.114. The zero-order chi connectivity index (χ0) is 17.5. The Balaban J connectivity index is 1.33. The smallest absolute Gasteiger partial charge is 0.225 e. The van der Waals surface area contributed by atoms with Crippen LogP contribution in [0.2, 0.25) is 0 Å². The molecule has 0 N–H and O–H groups in total. The van der Waals surface area contributed by atoms with E-state index in [1.807, 2.05) is 40.1 Å². The fourth-order valence-electron chi connectivity index (χ4n) is 3.66. The molecule has 0 saturated carbocycles. The van der Waals surface area contributed by atoms with Gasteiger partial charge in [0.25, 0.3) is 0 Å². The third-order valence-electron chi connectivity index (χ3n) is 5.16. The number of para-hydroxylation sites is 1. The maximum Gasteiger partial charge on any atom is 0.225 e. The van der Waals surface area contributed by atoms with Crippen LogP contribution in [0.25, 0.3) is 0 Å². The highest BCUT2D eigenvalue weighted by Gasteiger charge is 2.30. The maximum atomic E-state index is 12.4. The third-order valence-corrected chi connectivity index (χ3v) is 5.16. The molecule has 3 rings (SSSR count). The van der Waals surface area contributed by atoms with Crippen LogP contribution in [-0.2, 0) is 9.59 Å². The van der Waals surface area contributed by atoms with Gasteiger partial charge in [0.2, 0.25) is 11.8 Å². The first-order chi connectivity index (χ1) is 12.2. The van der Waals surface area contributed by atoms with Gasteiger partial charge < -0.3 is 14.5 Å². The number of carbonyl (C=O) groups is 2. The van der Waals surface area contributed by atoms with Crippen LogP contribution in [0.5, 0.6) is 5.75 Å². The van der Waals surface area contributed by atoms with Crippen molar-refractivity contribution in [3.05, 3.63) is 30.3 Å². The number of piperidine rings is 1. The molecule has 0 bridgehead atoms. The van der Waals surface area contributed by atoms with Gasteiger partial charge in [-0.15, -0.1) is 0 Å². The number of hydrogen-bond donors (Lipinski definition) is 0. The van der Waals surface area contributed by atoms with Crippen LogP contribution in [0.3, 0.4) is 0 Å². The first kappa shape index (κ1) is 17.8. The lowest BCUT2D eigenvalue weighted by Crippen LogP contribution is -2.43. The Labute approximate surface area is 149 Å². The van der Waals surface area contributed by atoms with Crippen LogP contribution in [0.15, 0.2) is 30.3 Å². The van der Waals surface area contributed by atoms with Crippen molar-refractivity contribution in [1.29, 1.82) is 0 Å². The molecule has 2 heterocycles. The molecule has 0 radical (unpaired) electrons. The zero-order valence-corrected chi connectivity index (χ0v) is 14.9. The standard InChI is InChI=1S/C20H28N2O3/c23-19(9-6-16-25-18-7-2-1-3-8-18)21-14-10-17(11-15-21)20(24)22-12-4-5-13-22/h1-3,7-8,17H,4-6,9-16H2. The van der Waals surface area contributed by atoms with Gasteiger partial charge >= 0.3 is 0 Å². The van der Waals surface area contributed by atoms with Crippen molar-refractivity contribution in [3.63, 3.8) is 0 Å². The van der Waals surface area contributed by atoms with E-state index in [1.165, 1.54) is 0 Å². The van der Waals surface area contributed by atoms with E-state index in [1.54, 1.807) is 0 Å². The summed E-state index contributed by atoms with van der Waals surface area (Å²) >= 11 is 0. The number of ether oxygens (including phenoxy) is 1. The van der Waals surface area contributed by atoms with Crippen molar-refractivity contribution in [3.8, 4) is 5.75 Å². The van der Waals surface area contributed by atoms with Crippen molar-refractivity contribution in [1.82, 2.24) is 9.80 Å². The van der Waals surface area contributed by atoms with Crippen molar-refractivity contribution < 1.29 is 14.3 Å². The molecule has 0 spiro atoms. The Bertz CT molecular complexity index is 562. The van der Waals surface area contributed by atoms with Crippen molar-refractivity contribution >= 4 is 11.8 Å². The number of likely N-dealkylation sites (tertiary alicyclic amines) is 2. The van der Waals surface area contributed by atoms with Gasteiger partial charge in [0, 0.05) is 38.5 Å². The topological polar surface area (TPSA) is 49.9 Å². The summed E-state index contributed by atoms with van der Waals surface area (Å²) in [5.74, 6) is 1.45. The van der Waals surface area contributed by atoms with Gasteiger partial charge in [-0.1, -0.05) is 18.2 Å². The fraction of sp³-hybridized carbons (Fsp3) is 0.600. The van der Waals surface area contributed by atoms with E-state index in [2.05, 4.69) is 0 Å². The summed E-state index contributed by atoms with van der Waals surface area (Å²) in [7, 11) is 0. The Kier molecular flexibility index (Phi) is 6.31. The van der Waals surface area contributed by atoms with E-state index in [4.69, 9.17) is 4.74 Å². The highest BCUT2D eigenvalue weighted by atomic mass is 16.5. The number of carbonyl (C=O) groups excluding carboxylic acids is 2. The van der Waals surface area contributed by atoms with E-state index in [9.17, 15) is 9.59 Å². The quantitative estimate of drug-likeness (QED) is 0.746. The van der Waals surface area contributed by atoms with Crippen LogP contribution in [0.4, 0.5) is 0 Å². The lowest BCUT2D eigenvalue weighted by Gasteiger charge is -2.33. The molecule has 0 unspecified atom stereocenters. The molecule has 0 atom stereocenters. The highest BCUT2D eigenvalue weighted by molar-refractivity contribution is 5.80. The van der Waals surface area contributed by atoms with Crippen molar-refractivity contribution in [2.45, 2.75) is 38.5 Å². The average Bonchev–Trinajstić information content (AvgIpc) is 3.20. The predicted octanol–water partition coefficient (Wildman–Crippen LogP) is 2.71. The molecule has 1 aromatic carbocycles. The summed E-state index contributed by atoms with van der Waals surface area (Å²) in [5.41, 5.74) is 0. The zero-order valence-electron chi connectivity index (χ0n) is 14.9. The van der Waals surface area contributed by atoms with Crippen LogP contribution < -0.4 is 4.74 Å². The molecule has 5 heteroatoms. The summed E-state index contributed by atoms with van der Waals surface area (Å²) in [4.78, 5) is 28.7. The summed E-state index contributed by atoms with van der Waals surface area (Å²) in [6.07, 6.45) is 5.11. The third kappa shape index (κ3) is 4.97. The maximum absolute atomic E-state index is 12.4. The molecule has 2 fully saturated rings. The van der Waals surface area contributed by atoms with E-state index in [0.717, 1.165) is 50.9 Å². The van der Waals surface area contributed by atoms with Crippen molar-refractivity contribution in [2.24, 2.45) is 5.92 Å². The van der Waals surface area contributed by atoms with Gasteiger partial charge in [-0.05, 0) is 44.2 Å². The fourth-order valence-corrected chi connectivity index (χ4v) is 3.66. The molecule has 25 heavy (non-hydrogen) atoms. The number of nitrogens with zero attached hydrogens (tertiary/aromatic N) is 2. The van der Waals surface area contributed by atoms with Crippen LogP contribution in [-0.4, -0.2) is 54.4 Å². The summed E-state index contributed by atoms with van der Waals surface area (Å²) in [6.45, 7) is 3.81. The molecule has 0 aromatic heterocycles. The largest absolute Gasteiger partial charge is 0.494 e. The molecule has 2 amide bonds. The Hall–Kier alpha value is -2.04. The number of amides is 2. The lowest BCUT2D eigenvalue weighted by atomic mass is 9.95. The minimum absolute atomic E-state index is 0.114. The Morgan fingerprint density at radius 1 is 0.960 bits per heavy atom. The molecule has 2 saturated heterocycles. The molecule has 5 nitrogen and oxygen atoms in total. The lowest BCUT2D eigenvalue weighted by molar-refractivity contribution is -0.140.